The zero-order valence-electron chi connectivity index (χ0n) is 24.0. The molecule has 3 atom stereocenters. The molecule has 1 saturated heterocycles. The van der Waals surface area contributed by atoms with Crippen LogP contribution in [0.5, 0.6) is 0 Å². The number of piperidine rings is 1. The molecule has 0 aromatic heterocycles. The molecule has 2 aliphatic rings. The number of benzene rings is 1. The van der Waals surface area contributed by atoms with Gasteiger partial charge >= 0.3 is 5.97 Å². The summed E-state index contributed by atoms with van der Waals surface area (Å²) in [6, 6.07) is 8.71. The maximum atomic E-state index is 14.1. The van der Waals surface area contributed by atoms with Crippen LogP contribution in [0.25, 0.3) is 0 Å². The fraction of sp³-hybridized carbons (Fsp3) is 0.645. The lowest BCUT2D eigenvalue weighted by Crippen LogP contribution is -2.52. The molecule has 1 aromatic rings. The van der Waals surface area contributed by atoms with Gasteiger partial charge in [0.15, 0.2) is 17.5 Å². The number of esters is 1. The van der Waals surface area contributed by atoms with Gasteiger partial charge in [-0.25, -0.2) is 4.39 Å². The van der Waals surface area contributed by atoms with E-state index in [1.54, 1.807) is 4.90 Å². The third kappa shape index (κ3) is 10.2. The molecule has 1 heterocycles. The summed E-state index contributed by atoms with van der Waals surface area (Å²) in [5, 5.41) is 0. The van der Waals surface area contributed by atoms with E-state index >= 15 is 0 Å². The first kappa shape index (κ1) is 32.2. The number of likely N-dealkylation sites (tertiary alicyclic amines) is 1. The zero-order chi connectivity index (χ0) is 29.6. The highest BCUT2D eigenvalue weighted by atomic mass is 19.1. The van der Waals surface area contributed by atoms with Gasteiger partial charge in [-0.1, -0.05) is 49.6 Å². The minimum absolute atomic E-state index is 0.0263. The normalized spacial score (nSPS) is 19.1. The maximum absolute atomic E-state index is 14.1. The highest BCUT2D eigenvalue weighted by Gasteiger charge is 2.40. The van der Waals surface area contributed by atoms with Gasteiger partial charge in [0.25, 0.3) is 0 Å². The molecule has 4 N–H and O–H groups in total. The van der Waals surface area contributed by atoms with Crippen LogP contribution in [0.1, 0.15) is 82.6 Å². The number of aliphatic imine (C=N–C) groups is 1. The zero-order valence-corrected chi connectivity index (χ0v) is 24.0. The van der Waals surface area contributed by atoms with Crippen LogP contribution in [0.3, 0.4) is 0 Å². The largest absolute Gasteiger partial charge is 0.461 e. The summed E-state index contributed by atoms with van der Waals surface area (Å²) in [6.07, 6.45) is 7.41. The molecular weight excluding hydrogens is 527 g/mol. The van der Waals surface area contributed by atoms with Crippen molar-refractivity contribution < 1.29 is 28.3 Å². The lowest BCUT2D eigenvalue weighted by Gasteiger charge is -2.39. The molecule has 1 aromatic carbocycles. The Labute approximate surface area is 242 Å². The van der Waals surface area contributed by atoms with Gasteiger partial charge in [0.2, 0.25) is 5.91 Å². The number of guanidine groups is 1. The quantitative estimate of drug-likeness (QED) is 0.140. The van der Waals surface area contributed by atoms with Crippen molar-refractivity contribution in [3.05, 3.63) is 35.9 Å². The van der Waals surface area contributed by atoms with E-state index in [-0.39, 0.29) is 56.0 Å². The minimum Gasteiger partial charge on any atom is -0.461 e. The van der Waals surface area contributed by atoms with Crippen molar-refractivity contribution in [2.45, 2.75) is 89.7 Å². The Kier molecular flexibility index (Phi) is 13.2. The molecule has 9 nitrogen and oxygen atoms in total. The Morgan fingerprint density at radius 2 is 1.68 bits per heavy atom. The monoisotopic (exact) mass is 572 g/mol. The fourth-order valence-electron chi connectivity index (χ4n) is 6.12. The van der Waals surface area contributed by atoms with Crippen LogP contribution in [0.4, 0.5) is 4.39 Å². The van der Waals surface area contributed by atoms with Crippen molar-refractivity contribution in [3.63, 3.8) is 0 Å². The Bertz CT molecular complexity index is 1040. The lowest BCUT2D eigenvalue weighted by molar-refractivity contribution is -0.154. The number of ketones is 2. The van der Waals surface area contributed by atoms with Crippen molar-refractivity contribution in [3.8, 4) is 0 Å². The van der Waals surface area contributed by atoms with E-state index in [1.165, 1.54) is 0 Å². The summed E-state index contributed by atoms with van der Waals surface area (Å²) in [4.78, 5) is 58.4. The van der Waals surface area contributed by atoms with Crippen LogP contribution in [-0.4, -0.2) is 60.1 Å². The second kappa shape index (κ2) is 16.8. The van der Waals surface area contributed by atoms with Gasteiger partial charge in [-0.15, -0.1) is 0 Å². The number of ether oxygens (including phenoxy) is 1. The summed E-state index contributed by atoms with van der Waals surface area (Å²) in [6.45, 7) is -0.306. The number of hydrogen-bond acceptors (Lipinski definition) is 6. The summed E-state index contributed by atoms with van der Waals surface area (Å²) >= 11 is 0. The molecule has 0 radical (unpaired) electrons. The summed E-state index contributed by atoms with van der Waals surface area (Å²) in [5.74, 6) is -2.84. The van der Waals surface area contributed by atoms with E-state index < -0.39 is 36.3 Å². The molecular formula is C31H45FN4O5. The summed E-state index contributed by atoms with van der Waals surface area (Å²) < 4.78 is 18.9. The molecule has 0 unspecified atom stereocenters. The summed E-state index contributed by atoms with van der Waals surface area (Å²) in [5.41, 5.74) is 11.6. The number of alkyl halides is 1. The predicted octanol–water partition coefficient (Wildman–Crippen LogP) is 3.87. The molecule has 1 aliphatic heterocycles. The van der Waals surface area contributed by atoms with E-state index in [2.05, 4.69) is 4.99 Å². The van der Waals surface area contributed by atoms with Crippen molar-refractivity contribution in [2.75, 3.05) is 19.8 Å². The molecule has 2 fully saturated rings. The van der Waals surface area contributed by atoms with Gasteiger partial charge in [0, 0.05) is 25.4 Å². The van der Waals surface area contributed by atoms with Gasteiger partial charge in [0.1, 0.15) is 13.3 Å². The average Bonchev–Trinajstić information content (AvgIpc) is 3.00. The first-order chi connectivity index (χ1) is 19.8. The van der Waals surface area contributed by atoms with Gasteiger partial charge in [-0.2, -0.15) is 0 Å². The molecule has 41 heavy (non-hydrogen) atoms. The van der Waals surface area contributed by atoms with E-state index in [0.29, 0.717) is 19.4 Å². The predicted molar refractivity (Wildman–Crippen MR) is 154 cm³/mol. The van der Waals surface area contributed by atoms with Gasteiger partial charge < -0.3 is 21.1 Å². The number of carbonyl (C=O) groups excluding carboxylic acids is 4. The number of Topliss-reactive ketones (excluding diaryl/α,β-unsaturated/α-hetero) is 2. The molecule has 1 aliphatic carbocycles. The number of hydrogen-bond donors (Lipinski definition) is 2. The van der Waals surface area contributed by atoms with Crippen LogP contribution in [0.15, 0.2) is 35.3 Å². The van der Waals surface area contributed by atoms with Gasteiger partial charge in [0.05, 0.1) is 18.4 Å². The SMILES string of the molecule is NC(N)=NCCC[C@H](CC(=O)[C@@H]1CCCCN1C(=O)[C@@H](CC(=O)OCc1ccccc1)C1CCCCC1)C(=O)CF. The maximum Gasteiger partial charge on any atom is 0.306 e. The number of nitrogens with zero attached hydrogens (tertiary/aromatic N) is 2. The van der Waals surface area contributed by atoms with Crippen LogP contribution in [0, 0.1) is 17.8 Å². The standard InChI is InChI=1S/C31H45FN4O5/c32-20-28(38)24(14-9-16-35-31(33)34)18-27(37)26-15-7-8-17-36(26)30(40)25(23-12-5-2-6-13-23)19-29(39)41-21-22-10-3-1-4-11-22/h1,3-4,10-11,23-26H,2,5-9,12-21H2,(H4,33,34,35)/t24-,25+,26+/m1/s1. The molecule has 226 valence electrons. The van der Waals surface area contributed by atoms with Crippen molar-refractivity contribution >= 4 is 29.4 Å². The van der Waals surface area contributed by atoms with Crippen LogP contribution >= 0.6 is 0 Å². The van der Waals surface area contributed by atoms with Crippen LogP contribution in [0.2, 0.25) is 0 Å². The van der Waals surface area contributed by atoms with E-state index in [0.717, 1.165) is 50.5 Å². The number of carbonyl (C=O) groups is 4. The molecule has 0 spiro atoms. The topological polar surface area (TPSA) is 145 Å². The smallest absolute Gasteiger partial charge is 0.306 e. The summed E-state index contributed by atoms with van der Waals surface area (Å²) in [7, 11) is 0. The van der Waals surface area contributed by atoms with Crippen molar-refractivity contribution in [1.29, 1.82) is 0 Å². The minimum atomic E-state index is -1.15. The highest BCUT2D eigenvalue weighted by molar-refractivity contribution is 5.94. The first-order valence-corrected chi connectivity index (χ1v) is 15.0. The number of halogens is 1. The van der Waals surface area contributed by atoms with Crippen LogP contribution in [-0.2, 0) is 30.5 Å². The van der Waals surface area contributed by atoms with Crippen molar-refractivity contribution in [1.82, 2.24) is 4.90 Å². The second-order valence-electron chi connectivity index (χ2n) is 11.3. The molecule has 10 heteroatoms. The average molecular weight is 573 g/mol. The molecule has 3 rings (SSSR count). The van der Waals surface area contributed by atoms with Crippen molar-refractivity contribution in [2.24, 2.45) is 34.2 Å². The Morgan fingerprint density at radius 3 is 2.37 bits per heavy atom. The Hall–Kier alpha value is -3.30. The second-order valence-corrected chi connectivity index (χ2v) is 11.3. The Balaban J connectivity index is 1.70. The first-order valence-electron chi connectivity index (χ1n) is 15.0. The van der Waals surface area contributed by atoms with Crippen LogP contribution < -0.4 is 11.5 Å². The number of nitrogens with two attached hydrogens (primary N) is 2. The van der Waals surface area contributed by atoms with E-state index in [9.17, 15) is 23.6 Å². The Morgan fingerprint density at radius 1 is 0.976 bits per heavy atom. The van der Waals surface area contributed by atoms with E-state index in [4.69, 9.17) is 16.2 Å². The number of amides is 1. The van der Waals surface area contributed by atoms with Gasteiger partial charge in [-0.05, 0) is 56.4 Å². The van der Waals surface area contributed by atoms with Gasteiger partial charge in [-0.3, -0.25) is 24.2 Å². The highest BCUT2D eigenvalue weighted by Crippen LogP contribution is 2.35. The number of rotatable bonds is 15. The lowest BCUT2D eigenvalue weighted by atomic mass is 9.77. The molecule has 1 saturated carbocycles. The molecule has 0 bridgehead atoms. The third-order valence-electron chi connectivity index (χ3n) is 8.36. The third-order valence-corrected chi connectivity index (χ3v) is 8.36. The fourth-order valence-corrected chi connectivity index (χ4v) is 6.12. The molecule has 1 amide bonds. The van der Waals surface area contributed by atoms with E-state index in [1.807, 2.05) is 30.3 Å².